The summed E-state index contributed by atoms with van der Waals surface area (Å²) < 4.78 is 7.87. The van der Waals surface area contributed by atoms with Crippen LogP contribution in [0.5, 0.6) is 0 Å². The fraction of sp³-hybridized carbons (Fsp3) is 0.722. The summed E-state index contributed by atoms with van der Waals surface area (Å²) in [5.74, 6) is 0.809. The average Bonchev–Trinajstić information content (AvgIpc) is 3.32. The highest BCUT2D eigenvalue weighted by atomic mass is 16.5. The van der Waals surface area contributed by atoms with E-state index < -0.39 is 0 Å². The minimum atomic E-state index is -0.0196. The van der Waals surface area contributed by atoms with Gasteiger partial charge in [0.1, 0.15) is 5.69 Å². The lowest BCUT2D eigenvalue weighted by molar-refractivity contribution is 0.0648. The maximum absolute atomic E-state index is 11.9. The first kappa shape index (κ1) is 16.5. The summed E-state index contributed by atoms with van der Waals surface area (Å²) in [4.78, 5) is 14.5. The Balaban J connectivity index is 1.63. The Labute approximate surface area is 139 Å². The zero-order chi connectivity index (χ0) is 16.2. The molecule has 128 valence electrons. The number of rotatable bonds is 7. The number of piperidine rings is 1. The van der Waals surface area contributed by atoms with Gasteiger partial charge in [-0.25, -0.2) is 0 Å². The SMILES string of the molecule is CNC(=O)c1ccc([C@@H]2CCCCN2CCOCC2CC2)n1C. The Morgan fingerprint density at radius 1 is 1.30 bits per heavy atom. The molecule has 1 aliphatic carbocycles. The maximum Gasteiger partial charge on any atom is 0.267 e. The van der Waals surface area contributed by atoms with Gasteiger partial charge in [0.15, 0.2) is 0 Å². The molecule has 0 bridgehead atoms. The van der Waals surface area contributed by atoms with Crippen LogP contribution < -0.4 is 5.32 Å². The van der Waals surface area contributed by atoms with Gasteiger partial charge >= 0.3 is 0 Å². The van der Waals surface area contributed by atoms with Gasteiger partial charge in [0.05, 0.1) is 12.6 Å². The van der Waals surface area contributed by atoms with Gasteiger partial charge in [0, 0.05) is 32.9 Å². The number of carbonyl (C=O) groups is 1. The molecular formula is C18H29N3O2. The number of hydrogen-bond donors (Lipinski definition) is 1. The first-order valence-electron chi connectivity index (χ1n) is 8.90. The van der Waals surface area contributed by atoms with Gasteiger partial charge < -0.3 is 14.6 Å². The highest BCUT2D eigenvalue weighted by Crippen LogP contribution is 2.32. The predicted molar refractivity (Wildman–Crippen MR) is 90.5 cm³/mol. The summed E-state index contributed by atoms with van der Waals surface area (Å²) in [6.45, 7) is 3.86. The minimum absolute atomic E-state index is 0.0196. The molecule has 2 fully saturated rings. The zero-order valence-corrected chi connectivity index (χ0v) is 14.4. The third-order valence-corrected chi connectivity index (χ3v) is 5.15. The van der Waals surface area contributed by atoms with Gasteiger partial charge in [-0.15, -0.1) is 0 Å². The molecule has 0 spiro atoms. The molecule has 1 aromatic heterocycles. The van der Waals surface area contributed by atoms with Crippen molar-refractivity contribution in [3.8, 4) is 0 Å². The Bertz CT molecular complexity index is 536. The molecule has 2 heterocycles. The summed E-state index contributed by atoms with van der Waals surface area (Å²) >= 11 is 0. The van der Waals surface area contributed by atoms with Crippen LogP contribution in [0.4, 0.5) is 0 Å². The van der Waals surface area contributed by atoms with E-state index in [2.05, 4.69) is 16.3 Å². The summed E-state index contributed by atoms with van der Waals surface area (Å²) in [5, 5.41) is 2.71. The third-order valence-electron chi connectivity index (χ3n) is 5.15. The van der Waals surface area contributed by atoms with Gasteiger partial charge in [0.2, 0.25) is 0 Å². The van der Waals surface area contributed by atoms with Gasteiger partial charge in [-0.3, -0.25) is 9.69 Å². The molecule has 1 aliphatic heterocycles. The quantitative estimate of drug-likeness (QED) is 0.785. The molecule has 1 saturated heterocycles. The van der Waals surface area contributed by atoms with Crippen LogP contribution in [-0.2, 0) is 11.8 Å². The van der Waals surface area contributed by atoms with Gasteiger partial charge in [0.25, 0.3) is 5.91 Å². The molecular weight excluding hydrogens is 290 g/mol. The van der Waals surface area contributed by atoms with Crippen molar-refractivity contribution in [1.82, 2.24) is 14.8 Å². The number of ether oxygens (including phenoxy) is 1. The molecule has 0 radical (unpaired) electrons. The Morgan fingerprint density at radius 3 is 2.87 bits per heavy atom. The third kappa shape index (κ3) is 3.96. The van der Waals surface area contributed by atoms with Crippen LogP contribution in [0.1, 0.15) is 54.3 Å². The second kappa shape index (κ2) is 7.49. The number of amides is 1. The highest BCUT2D eigenvalue weighted by Gasteiger charge is 2.27. The highest BCUT2D eigenvalue weighted by molar-refractivity contribution is 5.92. The van der Waals surface area contributed by atoms with Crippen molar-refractivity contribution in [2.45, 2.75) is 38.1 Å². The summed E-state index contributed by atoms with van der Waals surface area (Å²) in [7, 11) is 3.68. The molecule has 1 atom stereocenters. The van der Waals surface area contributed by atoms with E-state index in [0.29, 0.717) is 6.04 Å². The number of aromatic nitrogens is 1. The molecule has 1 amide bonds. The summed E-state index contributed by atoms with van der Waals surface area (Å²) in [6, 6.07) is 4.44. The van der Waals surface area contributed by atoms with Crippen LogP contribution in [0.15, 0.2) is 12.1 Å². The van der Waals surface area contributed by atoms with E-state index in [1.807, 2.05) is 17.7 Å². The summed E-state index contributed by atoms with van der Waals surface area (Å²) in [6.07, 6.45) is 6.36. The standard InChI is InChI=1S/C18H29N3O2/c1-19-18(22)17-9-8-15(20(17)2)16-5-3-4-10-21(16)11-12-23-13-14-6-7-14/h8-9,14,16H,3-7,10-13H2,1-2H3,(H,19,22)/t16-/m0/s1. The smallest absolute Gasteiger partial charge is 0.267 e. The van der Waals surface area contributed by atoms with Crippen LogP contribution in [0, 0.1) is 5.92 Å². The predicted octanol–water partition coefficient (Wildman–Crippen LogP) is 2.34. The fourth-order valence-electron chi connectivity index (χ4n) is 3.53. The lowest BCUT2D eigenvalue weighted by Gasteiger charge is -2.36. The first-order chi connectivity index (χ1) is 11.2. The minimum Gasteiger partial charge on any atom is -0.380 e. The first-order valence-corrected chi connectivity index (χ1v) is 8.90. The van der Waals surface area contributed by atoms with Crippen LogP contribution >= 0.6 is 0 Å². The Hall–Kier alpha value is -1.33. The number of likely N-dealkylation sites (tertiary alicyclic amines) is 1. The van der Waals surface area contributed by atoms with E-state index in [9.17, 15) is 4.79 Å². The molecule has 1 aromatic rings. The molecule has 1 saturated carbocycles. The average molecular weight is 319 g/mol. The van der Waals surface area contributed by atoms with E-state index >= 15 is 0 Å². The lowest BCUT2D eigenvalue weighted by atomic mass is 9.99. The van der Waals surface area contributed by atoms with Gasteiger partial charge in [-0.05, 0) is 50.3 Å². The number of hydrogen-bond acceptors (Lipinski definition) is 3. The fourth-order valence-corrected chi connectivity index (χ4v) is 3.53. The maximum atomic E-state index is 11.9. The monoisotopic (exact) mass is 319 g/mol. The van der Waals surface area contributed by atoms with Crippen molar-refractivity contribution in [2.75, 3.05) is 33.4 Å². The second-order valence-corrected chi connectivity index (χ2v) is 6.85. The normalized spacial score (nSPS) is 22.3. The molecule has 5 heteroatoms. The molecule has 2 aliphatic rings. The van der Waals surface area contributed by atoms with Crippen molar-refractivity contribution < 1.29 is 9.53 Å². The van der Waals surface area contributed by atoms with Crippen LogP contribution in [0.3, 0.4) is 0 Å². The van der Waals surface area contributed by atoms with E-state index in [1.54, 1.807) is 7.05 Å². The molecule has 0 aromatic carbocycles. The van der Waals surface area contributed by atoms with E-state index in [-0.39, 0.29) is 5.91 Å². The van der Waals surface area contributed by atoms with Crippen molar-refractivity contribution in [3.05, 3.63) is 23.5 Å². The van der Waals surface area contributed by atoms with Crippen molar-refractivity contribution in [3.63, 3.8) is 0 Å². The van der Waals surface area contributed by atoms with E-state index in [4.69, 9.17) is 4.74 Å². The number of nitrogens with one attached hydrogen (secondary N) is 1. The van der Waals surface area contributed by atoms with Gasteiger partial charge in [-0.1, -0.05) is 6.42 Å². The van der Waals surface area contributed by atoms with Crippen molar-refractivity contribution >= 4 is 5.91 Å². The van der Waals surface area contributed by atoms with Gasteiger partial charge in [-0.2, -0.15) is 0 Å². The lowest BCUT2D eigenvalue weighted by Crippen LogP contribution is -2.37. The van der Waals surface area contributed by atoms with Crippen LogP contribution in [0.25, 0.3) is 0 Å². The van der Waals surface area contributed by atoms with Crippen molar-refractivity contribution in [2.24, 2.45) is 13.0 Å². The number of nitrogens with zero attached hydrogens (tertiary/aromatic N) is 2. The molecule has 23 heavy (non-hydrogen) atoms. The Morgan fingerprint density at radius 2 is 2.13 bits per heavy atom. The molecule has 3 rings (SSSR count). The molecule has 0 unspecified atom stereocenters. The van der Waals surface area contributed by atoms with E-state index in [0.717, 1.165) is 44.3 Å². The topological polar surface area (TPSA) is 46.5 Å². The Kier molecular flexibility index (Phi) is 5.38. The molecule has 1 N–H and O–H groups in total. The molecule has 5 nitrogen and oxygen atoms in total. The number of carbonyl (C=O) groups excluding carboxylic acids is 1. The van der Waals surface area contributed by atoms with E-state index in [1.165, 1.54) is 31.4 Å². The summed E-state index contributed by atoms with van der Waals surface area (Å²) in [5.41, 5.74) is 1.98. The zero-order valence-electron chi connectivity index (χ0n) is 14.4. The second-order valence-electron chi connectivity index (χ2n) is 6.85. The van der Waals surface area contributed by atoms with Crippen LogP contribution in [0.2, 0.25) is 0 Å². The van der Waals surface area contributed by atoms with Crippen LogP contribution in [-0.4, -0.2) is 48.7 Å². The largest absolute Gasteiger partial charge is 0.380 e. The van der Waals surface area contributed by atoms with Crippen molar-refractivity contribution in [1.29, 1.82) is 0 Å².